The van der Waals surface area contributed by atoms with Gasteiger partial charge in [0.15, 0.2) is 6.10 Å². The Labute approximate surface area is 211 Å². The lowest BCUT2D eigenvalue weighted by Crippen LogP contribution is -2.52. The summed E-state index contributed by atoms with van der Waals surface area (Å²) in [5.74, 6) is -4.79. The highest BCUT2D eigenvalue weighted by Crippen LogP contribution is 2.39. The van der Waals surface area contributed by atoms with Crippen molar-refractivity contribution in [3.8, 4) is 0 Å². The van der Waals surface area contributed by atoms with Crippen molar-refractivity contribution in [2.24, 2.45) is 0 Å². The van der Waals surface area contributed by atoms with Crippen LogP contribution >= 0.6 is 0 Å². The number of nitrogens with one attached hydrogen (secondary N) is 1. The van der Waals surface area contributed by atoms with Gasteiger partial charge >= 0.3 is 12.1 Å². The molecule has 3 aromatic carbocycles. The zero-order valence-electron chi connectivity index (χ0n) is 20.4. The Hall–Kier alpha value is -3.75. The summed E-state index contributed by atoms with van der Waals surface area (Å²) in [5, 5.41) is 2.75. The zero-order valence-corrected chi connectivity index (χ0v) is 20.4. The summed E-state index contributed by atoms with van der Waals surface area (Å²) in [5.41, 5.74) is -2.30. The van der Waals surface area contributed by atoms with Gasteiger partial charge in [-0.2, -0.15) is 13.2 Å². The lowest BCUT2D eigenvalue weighted by atomic mass is 9.76. The topological polar surface area (TPSA) is 55.4 Å². The molecule has 4 nitrogen and oxygen atoms in total. The standard InChI is InChI=1S/C28H26F5NO3/c1-18(37-19(2)35)25(36)34-27(17-20-9-5-4-6-10-20,22-12-7-11-21(15-22)26(3,29)30)23-13-8-14-24(16-23)28(31,32)33/h4-16,18H,17H2,1-3H3,(H,34,36)/t18-,27?/m0/s1. The third-order valence-electron chi connectivity index (χ3n) is 5.91. The number of hydrogen-bond acceptors (Lipinski definition) is 3. The first-order valence-electron chi connectivity index (χ1n) is 11.4. The zero-order chi connectivity index (χ0) is 27.4. The largest absolute Gasteiger partial charge is 0.453 e. The lowest BCUT2D eigenvalue weighted by molar-refractivity contribution is -0.153. The van der Waals surface area contributed by atoms with Crippen LogP contribution in [0.1, 0.15) is 48.6 Å². The molecule has 0 radical (unpaired) electrons. The molecule has 0 fully saturated rings. The van der Waals surface area contributed by atoms with Crippen LogP contribution in [0.3, 0.4) is 0 Å². The van der Waals surface area contributed by atoms with E-state index in [1.165, 1.54) is 43.3 Å². The molecule has 196 valence electrons. The van der Waals surface area contributed by atoms with Crippen molar-refractivity contribution < 1.29 is 36.3 Å². The second kappa shape index (κ2) is 10.7. The number of rotatable bonds is 8. The summed E-state index contributed by atoms with van der Waals surface area (Å²) in [6, 6.07) is 18.1. The number of alkyl halides is 5. The minimum Gasteiger partial charge on any atom is -0.453 e. The number of ether oxygens (including phenoxy) is 1. The maximum atomic E-state index is 14.3. The molecular weight excluding hydrogens is 493 g/mol. The molecule has 3 aromatic rings. The number of carbonyl (C=O) groups is 2. The Kier molecular flexibility index (Phi) is 8.05. The molecule has 0 saturated heterocycles. The summed E-state index contributed by atoms with van der Waals surface area (Å²) in [6.07, 6.45) is -6.07. The Morgan fingerprint density at radius 2 is 1.32 bits per heavy atom. The number of esters is 1. The van der Waals surface area contributed by atoms with Crippen molar-refractivity contribution in [1.29, 1.82) is 0 Å². The second-order valence-corrected chi connectivity index (χ2v) is 8.86. The molecule has 1 N–H and O–H groups in total. The van der Waals surface area contributed by atoms with Crippen LogP contribution in [0, 0.1) is 0 Å². The van der Waals surface area contributed by atoms with Gasteiger partial charge in [-0.1, -0.05) is 60.7 Å². The Morgan fingerprint density at radius 3 is 1.84 bits per heavy atom. The van der Waals surface area contributed by atoms with Crippen LogP contribution in [0.4, 0.5) is 22.0 Å². The van der Waals surface area contributed by atoms with Gasteiger partial charge in [-0.3, -0.25) is 9.59 Å². The van der Waals surface area contributed by atoms with E-state index in [9.17, 15) is 31.5 Å². The lowest BCUT2D eigenvalue weighted by Gasteiger charge is -2.38. The van der Waals surface area contributed by atoms with Gasteiger partial charge in [0.1, 0.15) is 0 Å². The van der Waals surface area contributed by atoms with Gasteiger partial charge in [-0.05, 0) is 41.8 Å². The van der Waals surface area contributed by atoms with Crippen molar-refractivity contribution in [3.63, 3.8) is 0 Å². The van der Waals surface area contributed by atoms with E-state index in [4.69, 9.17) is 4.74 Å². The smallest absolute Gasteiger partial charge is 0.416 e. The Balaban J connectivity index is 2.32. The number of hydrogen-bond donors (Lipinski definition) is 1. The molecule has 0 heterocycles. The molecule has 0 aliphatic rings. The fourth-order valence-electron chi connectivity index (χ4n) is 4.09. The third-order valence-corrected chi connectivity index (χ3v) is 5.91. The Bertz CT molecular complexity index is 1190. The quantitative estimate of drug-likeness (QED) is 0.278. The van der Waals surface area contributed by atoms with Gasteiger partial charge in [0, 0.05) is 25.8 Å². The van der Waals surface area contributed by atoms with Gasteiger partial charge in [-0.15, -0.1) is 0 Å². The molecule has 2 atom stereocenters. The minimum atomic E-state index is -4.69. The first kappa shape index (κ1) is 27.8. The summed E-state index contributed by atoms with van der Waals surface area (Å²) in [4.78, 5) is 24.7. The van der Waals surface area contributed by atoms with E-state index in [-0.39, 0.29) is 23.1 Å². The van der Waals surface area contributed by atoms with Gasteiger partial charge in [0.25, 0.3) is 11.8 Å². The van der Waals surface area contributed by atoms with E-state index in [2.05, 4.69) is 5.32 Å². The average molecular weight is 520 g/mol. The van der Waals surface area contributed by atoms with Crippen LogP contribution in [0.5, 0.6) is 0 Å². The van der Waals surface area contributed by atoms with Gasteiger partial charge in [0.05, 0.1) is 11.1 Å². The summed E-state index contributed by atoms with van der Waals surface area (Å²) < 4.78 is 74.7. The normalized spacial score (nSPS) is 14.4. The van der Waals surface area contributed by atoms with Crippen molar-refractivity contribution >= 4 is 11.9 Å². The van der Waals surface area contributed by atoms with E-state index in [0.717, 1.165) is 19.1 Å². The summed E-state index contributed by atoms with van der Waals surface area (Å²) >= 11 is 0. The van der Waals surface area contributed by atoms with Crippen LogP contribution < -0.4 is 5.32 Å². The summed E-state index contributed by atoms with van der Waals surface area (Å²) in [7, 11) is 0. The average Bonchev–Trinajstić information content (AvgIpc) is 2.83. The van der Waals surface area contributed by atoms with Gasteiger partial charge < -0.3 is 10.1 Å². The number of amides is 1. The minimum absolute atomic E-state index is 0.0196. The summed E-state index contributed by atoms with van der Waals surface area (Å²) in [6.45, 7) is 3.13. The fourth-order valence-corrected chi connectivity index (χ4v) is 4.09. The van der Waals surface area contributed by atoms with E-state index < -0.39 is 41.2 Å². The Morgan fingerprint density at radius 1 is 0.811 bits per heavy atom. The first-order valence-corrected chi connectivity index (χ1v) is 11.4. The molecule has 1 amide bonds. The molecular formula is C28H26F5NO3. The van der Waals surface area contributed by atoms with Crippen LogP contribution in [0.2, 0.25) is 0 Å². The molecule has 0 aliphatic carbocycles. The molecule has 37 heavy (non-hydrogen) atoms. The highest BCUT2D eigenvalue weighted by atomic mass is 19.4. The number of carbonyl (C=O) groups excluding carboxylic acids is 2. The first-order chi connectivity index (χ1) is 17.2. The predicted molar refractivity (Wildman–Crippen MR) is 128 cm³/mol. The van der Waals surface area contributed by atoms with E-state index >= 15 is 0 Å². The fraction of sp³-hybridized carbons (Fsp3) is 0.286. The highest BCUT2D eigenvalue weighted by molar-refractivity contribution is 5.84. The molecule has 3 rings (SSSR count). The van der Waals surface area contributed by atoms with Crippen LogP contribution in [0.15, 0.2) is 78.9 Å². The van der Waals surface area contributed by atoms with Crippen LogP contribution in [-0.2, 0) is 38.4 Å². The van der Waals surface area contributed by atoms with Crippen LogP contribution in [-0.4, -0.2) is 18.0 Å². The molecule has 0 bridgehead atoms. The van der Waals surface area contributed by atoms with E-state index in [1.54, 1.807) is 30.3 Å². The molecule has 0 saturated carbocycles. The second-order valence-electron chi connectivity index (χ2n) is 8.86. The molecule has 9 heteroatoms. The molecule has 1 unspecified atom stereocenters. The molecule has 0 aromatic heterocycles. The van der Waals surface area contributed by atoms with Crippen molar-refractivity contribution in [3.05, 3.63) is 107 Å². The van der Waals surface area contributed by atoms with E-state index in [0.29, 0.717) is 12.5 Å². The van der Waals surface area contributed by atoms with Crippen molar-refractivity contribution in [1.82, 2.24) is 5.32 Å². The molecule has 0 spiro atoms. The maximum Gasteiger partial charge on any atom is 0.416 e. The maximum absolute atomic E-state index is 14.3. The number of benzene rings is 3. The van der Waals surface area contributed by atoms with E-state index in [1.807, 2.05) is 0 Å². The van der Waals surface area contributed by atoms with Crippen molar-refractivity contribution in [2.75, 3.05) is 0 Å². The highest BCUT2D eigenvalue weighted by Gasteiger charge is 2.41. The predicted octanol–water partition coefficient (Wildman–Crippen LogP) is 6.37. The SMILES string of the molecule is CC(=O)O[C@@H](C)C(=O)NC(Cc1ccccc1)(c1cccc(C(C)(F)F)c1)c1cccc(C(F)(F)F)c1. The monoisotopic (exact) mass is 519 g/mol. The van der Waals surface area contributed by atoms with Crippen LogP contribution in [0.25, 0.3) is 0 Å². The van der Waals surface area contributed by atoms with Gasteiger partial charge in [-0.25, -0.2) is 8.78 Å². The third kappa shape index (κ3) is 6.72. The molecule has 0 aliphatic heterocycles. The number of halogens is 5. The van der Waals surface area contributed by atoms with Gasteiger partial charge in [0.2, 0.25) is 0 Å². The van der Waals surface area contributed by atoms with Crippen molar-refractivity contribution in [2.45, 2.75) is 50.9 Å².